The number of nitrogens with zero attached hydrogens (tertiary/aromatic N) is 2. The summed E-state index contributed by atoms with van der Waals surface area (Å²) in [7, 11) is 1.61. The molecule has 152 valence electrons. The van der Waals surface area contributed by atoms with Gasteiger partial charge in [0.2, 0.25) is 5.72 Å². The van der Waals surface area contributed by atoms with Crippen LogP contribution in [0, 0.1) is 0 Å². The van der Waals surface area contributed by atoms with Gasteiger partial charge in [-0.25, -0.2) is 5.01 Å². The van der Waals surface area contributed by atoms with Crippen molar-refractivity contribution in [3.8, 4) is 5.75 Å². The minimum atomic E-state index is -0.746. The molecule has 1 N–H and O–H groups in total. The monoisotopic (exact) mass is 395 g/mol. The Morgan fingerprint density at radius 1 is 1.17 bits per heavy atom. The van der Waals surface area contributed by atoms with E-state index in [2.05, 4.69) is 10.6 Å². The fourth-order valence-corrected chi connectivity index (χ4v) is 3.83. The molecule has 0 saturated carbocycles. The van der Waals surface area contributed by atoms with Crippen molar-refractivity contribution in [2.75, 3.05) is 20.3 Å². The predicted molar refractivity (Wildman–Crippen MR) is 109 cm³/mol. The van der Waals surface area contributed by atoms with Gasteiger partial charge in [0, 0.05) is 29.5 Å². The lowest BCUT2D eigenvalue weighted by molar-refractivity contribution is -0.163. The number of methoxy groups -OCH3 is 1. The third-order valence-electron chi connectivity index (χ3n) is 5.39. The SMILES string of the molecule is CCc1c(OC)cccc1C(=O)NN1C(c2ccccc2)=NOC12CCOCC2. The summed E-state index contributed by atoms with van der Waals surface area (Å²) in [5, 5.41) is 6.10. The van der Waals surface area contributed by atoms with Crippen molar-refractivity contribution in [1.82, 2.24) is 10.4 Å². The molecule has 0 atom stereocenters. The summed E-state index contributed by atoms with van der Waals surface area (Å²) in [4.78, 5) is 19.2. The predicted octanol–water partition coefficient (Wildman–Crippen LogP) is 3.10. The van der Waals surface area contributed by atoms with Crippen molar-refractivity contribution < 1.29 is 19.1 Å². The number of ether oxygens (including phenoxy) is 2. The summed E-state index contributed by atoms with van der Waals surface area (Å²) in [6.45, 7) is 3.09. The summed E-state index contributed by atoms with van der Waals surface area (Å²) >= 11 is 0. The lowest BCUT2D eigenvalue weighted by Gasteiger charge is -2.39. The molecule has 1 spiro atoms. The second-order valence-electron chi connectivity index (χ2n) is 7.05. The third kappa shape index (κ3) is 3.53. The van der Waals surface area contributed by atoms with Gasteiger partial charge in [-0.1, -0.05) is 48.5 Å². The standard InChI is InChI=1S/C22H25N3O4/c1-3-17-18(10-7-11-19(17)27-2)21(26)23-25-20(16-8-5-4-6-9-16)24-29-22(25)12-14-28-15-13-22/h4-11H,3,12-15H2,1-2H3,(H,23,26). The fourth-order valence-electron chi connectivity index (χ4n) is 3.83. The molecule has 1 saturated heterocycles. The van der Waals surface area contributed by atoms with Crippen molar-refractivity contribution >= 4 is 11.7 Å². The van der Waals surface area contributed by atoms with Crippen LogP contribution in [0.4, 0.5) is 0 Å². The number of amides is 1. The molecule has 7 nitrogen and oxygen atoms in total. The first-order valence-electron chi connectivity index (χ1n) is 9.85. The van der Waals surface area contributed by atoms with Gasteiger partial charge >= 0.3 is 0 Å². The zero-order chi connectivity index (χ0) is 20.3. The van der Waals surface area contributed by atoms with Gasteiger partial charge < -0.3 is 14.3 Å². The highest BCUT2D eigenvalue weighted by molar-refractivity contribution is 6.03. The van der Waals surface area contributed by atoms with Crippen LogP contribution in [0.2, 0.25) is 0 Å². The molecule has 2 aliphatic rings. The Labute approximate surface area is 170 Å². The molecule has 29 heavy (non-hydrogen) atoms. The van der Waals surface area contributed by atoms with E-state index in [1.807, 2.05) is 55.5 Å². The number of carbonyl (C=O) groups is 1. The van der Waals surface area contributed by atoms with Crippen LogP contribution in [0.1, 0.15) is 41.3 Å². The second kappa shape index (κ2) is 8.13. The van der Waals surface area contributed by atoms with Crippen LogP contribution in [0.5, 0.6) is 5.75 Å². The largest absolute Gasteiger partial charge is 0.496 e. The smallest absolute Gasteiger partial charge is 0.270 e. The first-order valence-corrected chi connectivity index (χ1v) is 9.85. The van der Waals surface area contributed by atoms with E-state index in [9.17, 15) is 4.79 Å². The van der Waals surface area contributed by atoms with E-state index >= 15 is 0 Å². The molecule has 4 rings (SSSR count). The molecule has 0 bridgehead atoms. The van der Waals surface area contributed by atoms with Crippen LogP contribution in [-0.4, -0.2) is 42.8 Å². The van der Waals surface area contributed by atoms with Gasteiger partial charge in [0.05, 0.1) is 20.3 Å². The summed E-state index contributed by atoms with van der Waals surface area (Å²) in [6.07, 6.45) is 1.89. The van der Waals surface area contributed by atoms with Gasteiger partial charge in [-0.3, -0.25) is 10.2 Å². The van der Waals surface area contributed by atoms with Crippen molar-refractivity contribution in [3.63, 3.8) is 0 Å². The molecule has 0 radical (unpaired) electrons. The summed E-state index contributed by atoms with van der Waals surface area (Å²) in [5.74, 6) is 1.07. The van der Waals surface area contributed by atoms with Crippen molar-refractivity contribution in [1.29, 1.82) is 0 Å². The molecular formula is C22H25N3O4. The van der Waals surface area contributed by atoms with E-state index in [1.165, 1.54) is 0 Å². The van der Waals surface area contributed by atoms with Crippen LogP contribution < -0.4 is 10.2 Å². The molecule has 0 aromatic heterocycles. The summed E-state index contributed by atoms with van der Waals surface area (Å²) in [6, 6.07) is 15.2. The van der Waals surface area contributed by atoms with E-state index < -0.39 is 5.72 Å². The first-order chi connectivity index (χ1) is 14.2. The zero-order valence-electron chi connectivity index (χ0n) is 16.7. The molecule has 2 heterocycles. The fraction of sp³-hybridized carbons (Fsp3) is 0.364. The lowest BCUT2D eigenvalue weighted by atomic mass is 10.0. The van der Waals surface area contributed by atoms with Gasteiger partial charge in [-0.2, -0.15) is 0 Å². The molecule has 2 aromatic rings. The van der Waals surface area contributed by atoms with E-state index in [-0.39, 0.29) is 5.91 Å². The average molecular weight is 395 g/mol. The van der Waals surface area contributed by atoms with Crippen LogP contribution in [0.15, 0.2) is 53.7 Å². The highest BCUT2D eigenvalue weighted by Gasteiger charge is 2.49. The van der Waals surface area contributed by atoms with E-state index in [0.29, 0.717) is 49.6 Å². The number of amidine groups is 1. The Morgan fingerprint density at radius 3 is 2.62 bits per heavy atom. The van der Waals surface area contributed by atoms with Crippen LogP contribution in [0.3, 0.4) is 0 Å². The Balaban J connectivity index is 1.68. The Kier molecular flexibility index (Phi) is 5.40. The molecule has 2 aromatic carbocycles. The van der Waals surface area contributed by atoms with Gasteiger partial charge in [-0.15, -0.1) is 0 Å². The van der Waals surface area contributed by atoms with E-state index in [1.54, 1.807) is 12.1 Å². The summed E-state index contributed by atoms with van der Waals surface area (Å²) < 4.78 is 11.0. The molecule has 1 amide bonds. The Hall–Kier alpha value is -3.06. The maximum absolute atomic E-state index is 13.3. The maximum atomic E-state index is 13.3. The minimum Gasteiger partial charge on any atom is -0.496 e. The zero-order valence-corrected chi connectivity index (χ0v) is 16.7. The minimum absolute atomic E-state index is 0.222. The first kappa shape index (κ1) is 19.3. The molecule has 1 fully saturated rings. The molecule has 7 heteroatoms. The topological polar surface area (TPSA) is 72.4 Å². The average Bonchev–Trinajstić information content (AvgIpc) is 3.11. The quantitative estimate of drug-likeness (QED) is 0.842. The molecule has 2 aliphatic heterocycles. The van der Waals surface area contributed by atoms with Crippen LogP contribution in [-0.2, 0) is 16.0 Å². The van der Waals surface area contributed by atoms with Gasteiger partial charge in [0.15, 0.2) is 5.84 Å². The number of oxime groups is 1. The van der Waals surface area contributed by atoms with Crippen molar-refractivity contribution in [3.05, 3.63) is 65.2 Å². The van der Waals surface area contributed by atoms with E-state index in [0.717, 1.165) is 11.1 Å². The number of hydrogen-bond acceptors (Lipinski definition) is 6. The molecular weight excluding hydrogens is 370 g/mol. The Bertz CT molecular complexity index is 908. The Morgan fingerprint density at radius 2 is 1.93 bits per heavy atom. The number of carbonyl (C=O) groups excluding carboxylic acids is 1. The lowest BCUT2D eigenvalue weighted by Crippen LogP contribution is -2.59. The van der Waals surface area contributed by atoms with Gasteiger partial charge in [-0.05, 0) is 18.6 Å². The second-order valence-corrected chi connectivity index (χ2v) is 7.05. The summed E-state index contributed by atoms with van der Waals surface area (Å²) in [5.41, 5.74) is 4.63. The van der Waals surface area contributed by atoms with Crippen LogP contribution in [0.25, 0.3) is 0 Å². The van der Waals surface area contributed by atoms with Gasteiger partial charge in [0.25, 0.3) is 5.91 Å². The van der Waals surface area contributed by atoms with Crippen LogP contribution >= 0.6 is 0 Å². The van der Waals surface area contributed by atoms with Gasteiger partial charge in [0.1, 0.15) is 5.75 Å². The molecule has 0 unspecified atom stereocenters. The number of benzene rings is 2. The maximum Gasteiger partial charge on any atom is 0.270 e. The van der Waals surface area contributed by atoms with Crippen molar-refractivity contribution in [2.24, 2.45) is 5.16 Å². The van der Waals surface area contributed by atoms with E-state index in [4.69, 9.17) is 14.3 Å². The third-order valence-corrected chi connectivity index (χ3v) is 5.39. The van der Waals surface area contributed by atoms with Crippen molar-refractivity contribution in [2.45, 2.75) is 31.9 Å². The highest BCUT2D eigenvalue weighted by Crippen LogP contribution is 2.35. The normalized spacial score (nSPS) is 17.6. The molecule has 0 aliphatic carbocycles. The number of hydrazine groups is 1. The number of nitrogens with one attached hydrogen (secondary N) is 1. The number of hydrogen-bond donors (Lipinski definition) is 1. The number of rotatable bonds is 5. The highest BCUT2D eigenvalue weighted by atomic mass is 16.7.